The van der Waals surface area contributed by atoms with Crippen LogP contribution in [0.1, 0.15) is 31.7 Å². The van der Waals surface area contributed by atoms with E-state index in [4.69, 9.17) is 28.9 Å². The fourth-order valence-corrected chi connectivity index (χ4v) is 3.07. The number of nitrogens with zero attached hydrogens (tertiary/aromatic N) is 1. The molecule has 4 heteroatoms. The van der Waals surface area contributed by atoms with Crippen LogP contribution in [0, 0.1) is 5.92 Å². The van der Waals surface area contributed by atoms with Crippen molar-refractivity contribution in [2.24, 2.45) is 5.92 Å². The molecule has 0 saturated carbocycles. The van der Waals surface area contributed by atoms with Crippen molar-refractivity contribution in [2.75, 3.05) is 18.8 Å². The van der Waals surface area contributed by atoms with Gasteiger partial charge in [0.2, 0.25) is 0 Å². The van der Waals surface area contributed by atoms with E-state index in [9.17, 15) is 0 Å². The zero-order chi connectivity index (χ0) is 13.1. The molecule has 1 aliphatic rings. The third-order valence-electron chi connectivity index (χ3n) is 3.83. The molecule has 2 N–H and O–H groups in total. The summed E-state index contributed by atoms with van der Waals surface area (Å²) in [5.74, 6) is 0.903. The van der Waals surface area contributed by atoms with Crippen LogP contribution < -0.4 is 5.73 Å². The lowest BCUT2D eigenvalue weighted by Crippen LogP contribution is -2.33. The van der Waals surface area contributed by atoms with Gasteiger partial charge in [-0.1, -0.05) is 36.5 Å². The molecule has 100 valence electrons. The number of nitrogens with two attached hydrogens (primary N) is 1. The molecule has 0 spiro atoms. The fraction of sp³-hybridized carbons (Fsp3) is 0.571. The van der Waals surface area contributed by atoms with Gasteiger partial charge in [0.05, 0.1) is 15.7 Å². The van der Waals surface area contributed by atoms with Crippen molar-refractivity contribution in [1.29, 1.82) is 0 Å². The first-order valence-electron chi connectivity index (χ1n) is 6.56. The Labute approximate surface area is 119 Å². The number of benzene rings is 1. The zero-order valence-electron chi connectivity index (χ0n) is 10.8. The normalized spacial score (nSPS) is 18.2. The Morgan fingerprint density at radius 3 is 2.28 bits per heavy atom. The van der Waals surface area contributed by atoms with E-state index in [2.05, 4.69) is 11.8 Å². The highest BCUT2D eigenvalue weighted by atomic mass is 35.5. The number of halogens is 2. The highest BCUT2D eigenvalue weighted by Crippen LogP contribution is 2.30. The van der Waals surface area contributed by atoms with Crippen molar-refractivity contribution < 1.29 is 0 Å². The van der Waals surface area contributed by atoms with Crippen LogP contribution in [0.4, 0.5) is 5.69 Å². The molecule has 18 heavy (non-hydrogen) atoms. The summed E-state index contributed by atoms with van der Waals surface area (Å²) in [4.78, 5) is 2.46. The molecule has 0 radical (unpaired) electrons. The first kappa shape index (κ1) is 14.0. The van der Waals surface area contributed by atoms with Crippen LogP contribution in [0.25, 0.3) is 0 Å². The molecule has 0 aromatic heterocycles. The molecule has 1 aromatic rings. The summed E-state index contributed by atoms with van der Waals surface area (Å²) in [6.45, 7) is 5.52. The van der Waals surface area contributed by atoms with Gasteiger partial charge in [-0.3, -0.25) is 4.90 Å². The van der Waals surface area contributed by atoms with Crippen LogP contribution in [0.5, 0.6) is 0 Å². The maximum Gasteiger partial charge on any atom is 0.0693 e. The van der Waals surface area contributed by atoms with Crippen LogP contribution in [0.3, 0.4) is 0 Å². The Hall–Kier alpha value is -0.440. The van der Waals surface area contributed by atoms with Crippen molar-refractivity contribution in [1.82, 2.24) is 4.90 Å². The predicted octanol–water partition coefficient (Wildman–Crippen LogP) is 4.20. The SMILES string of the molecule is CCC1CCN(Cc2cc(Cl)c(N)c(Cl)c2)CC1. The number of anilines is 1. The smallest absolute Gasteiger partial charge is 0.0693 e. The molecule has 0 aliphatic carbocycles. The van der Waals surface area contributed by atoms with E-state index in [1.807, 2.05) is 12.1 Å². The first-order valence-corrected chi connectivity index (χ1v) is 7.31. The van der Waals surface area contributed by atoms with Gasteiger partial charge in [0.1, 0.15) is 0 Å². The van der Waals surface area contributed by atoms with Gasteiger partial charge in [0.15, 0.2) is 0 Å². The summed E-state index contributed by atoms with van der Waals surface area (Å²) in [5, 5.41) is 1.11. The summed E-state index contributed by atoms with van der Waals surface area (Å²) < 4.78 is 0. The van der Waals surface area contributed by atoms with Crippen LogP contribution in [-0.4, -0.2) is 18.0 Å². The van der Waals surface area contributed by atoms with Gasteiger partial charge in [-0.05, 0) is 49.5 Å². The van der Waals surface area contributed by atoms with E-state index >= 15 is 0 Å². The number of rotatable bonds is 3. The highest BCUT2D eigenvalue weighted by Gasteiger charge is 2.18. The zero-order valence-corrected chi connectivity index (χ0v) is 12.3. The molecule has 1 aromatic carbocycles. The Bertz CT molecular complexity index is 389. The summed E-state index contributed by atoms with van der Waals surface area (Å²) in [6, 6.07) is 3.85. The maximum atomic E-state index is 6.05. The molecule has 0 unspecified atom stereocenters. The van der Waals surface area contributed by atoms with Crippen LogP contribution in [0.2, 0.25) is 10.0 Å². The molecular formula is C14H20Cl2N2. The minimum Gasteiger partial charge on any atom is -0.396 e. The highest BCUT2D eigenvalue weighted by molar-refractivity contribution is 6.38. The van der Waals surface area contributed by atoms with Crippen molar-refractivity contribution in [3.63, 3.8) is 0 Å². The minimum absolute atomic E-state index is 0.478. The first-order chi connectivity index (χ1) is 8.60. The van der Waals surface area contributed by atoms with E-state index in [1.54, 1.807) is 0 Å². The monoisotopic (exact) mass is 286 g/mol. The molecule has 2 nitrogen and oxygen atoms in total. The Balaban J connectivity index is 1.98. The van der Waals surface area contributed by atoms with E-state index in [1.165, 1.54) is 19.3 Å². The Kier molecular flexibility index (Phi) is 4.77. The van der Waals surface area contributed by atoms with Crippen molar-refractivity contribution in [2.45, 2.75) is 32.7 Å². The minimum atomic E-state index is 0.478. The van der Waals surface area contributed by atoms with Gasteiger partial charge in [-0.15, -0.1) is 0 Å². The Morgan fingerprint density at radius 1 is 1.22 bits per heavy atom. The van der Waals surface area contributed by atoms with Gasteiger partial charge >= 0.3 is 0 Å². The maximum absolute atomic E-state index is 6.05. The summed E-state index contributed by atoms with van der Waals surface area (Å²) >= 11 is 12.1. The number of hydrogen-bond acceptors (Lipinski definition) is 2. The molecule has 1 aliphatic heterocycles. The largest absolute Gasteiger partial charge is 0.396 e. The standard InChI is InChI=1S/C14H20Cl2N2/c1-2-10-3-5-18(6-4-10)9-11-7-12(15)14(17)13(16)8-11/h7-8,10H,2-6,9,17H2,1H3. The second-order valence-electron chi connectivity index (χ2n) is 5.10. The molecular weight excluding hydrogens is 267 g/mol. The lowest BCUT2D eigenvalue weighted by molar-refractivity contribution is 0.175. The van der Waals surface area contributed by atoms with Crippen LogP contribution in [0.15, 0.2) is 12.1 Å². The molecule has 0 amide bonds. The summed E-state index contributed by atoms with van der Waals surface area (Å²) in [6.07, 6.45) is 3.90. The number of nitrogen functional groups attached to an aromatic ring is 1. The molecule has 1 saturated heterocycles. The van der Waals surface area contributed by atoms with Crippen molar-refractivity contribution >= 4 is 28.9 Å². The van der Waals surface area contributed by atoms with E-state index < -0.39 is 0 Å². The van der Waals surface area contributed by atoms with Crippen LogP contribution in [-0.2, 0) is 6.54 Å². The van der Waals surface area contributed by atoms with Gasteiger partial charge < -0.3 is 5.73 Å². The number of hydrogen-bond donors (Lipinski definition) is 1. The van der Waals surface area contributed by atoms with Crippen molar-refractivity contribution in [3.8, 4) is 0 Å². The average molecular weight is 287 g/mol. The molecule has 0 bridgehead atoms. The van der Waals surface area contributed by atoms with E-state index in [-0.39, 0.29) is 0 Å². The molecule has 0 atom stereocenters. The topological polar surface area (TPSA) is 29.3 Å². The van der Waals surface area contributed by atoms with E-state index in [0.29, 0.717) is 15.7 Å². The quantitative estimate of drug-likeness (QED) is 0.844. The molecule has 1 fully saturated rings. The molecule has 1 heterocycles. The number of piperidine rings is 1. The van der Waals surface area contributed by atoms with Gasteiger partial charge in [-0.25, -0.2) is 0 Å². The third-order valence-corrected chi connectivity index (χ3v) is 4.45. The van der Waals surface area contributed by atoms with Crippen molar-refractivity contribution in [3.05, 3.63) is 27.7 Å². The van der Waals surface area contributed by atoms with E-state index in [0.717, 1.165) is 31.1 Å². The third kappa shape index (κ3) is 3.31. The van der Waals surface area contributed by atoms with Gasteiger partial charge in [0.25, 0.3) is 0 Å². The lowest BCUT2D eigenvalue weighted by Gasteiger charge is -2.31. The number of likely N-dealkylation sites (tertiary alicyclic amines) is 1. The molecule has 2 rings (SSSR count). The summed E-state index contributed by atoms with van der Waals surface area (Å²) in [5.41, 5.74) is 7.37. The Morgan fingerprint density at radius 2 is 1.78 bits per heavy atom. The lowest BCUT2D eigenvalue weighted by atomic mass is 9.94. The second-order valence-corrected chi connectivity index (χ2v) is 5.92. The van der Waals surface area contributed by atoms with Gasteiger partial charge in [0, 0.05) is 6.54 Å². The predicted molar refractivity (Wildman–Crippen MR) is 79.2 cm³/mol. The summed E-state index contributed by atoms with van der Waals surface area (Å²) in [7, 11) is 0. The average Bonchev–Trinajstić information content (AvgIpc) is 2.37. The fourth-order valence-electron chi connectivity index (χ4n) is 2.54. The van der Waals surface area contributed by atoms with Crippen LogP contribution >= 0.6 is 23.2 Å². The van der Waals surface area contributed by atoms with Gasteiger partial charge in [-0.2, -0.15) is 0 Å². The second kappa shape index (κ2) is 6.14.